The molecule has 4 rings (SSSR count). The number of thiophene rings is 1. The number of rotatable bonds is 4. The number of hydrogen-bond acceptors (Lipinski definition) is 3. The molecule has 0 fully saturated rings. The normalized spacial score (nSPS) is 14.4. The van der Waals surface area contributed by atoms with Crippen LogP contribution in [0.5, 0.6) is 0 Å². The van der Waals surface area contributed by atoms with Gasteiger partial charge in [0.15, 0.2) is 0 Å². The van der Waals surface area contributed by atoms with Crippen molar-refractivity contribution in [2.24, 2.45) is 10.7 Å². The fourth-order valence-electron chi connectivity index (χ4n) is 3.17. The van der Waals surface area contributed by atoms with Gasteiger partial charge in [-0.25, -0.2) is 4.99 Å². The predicted octanol–water partition coefficient (Wildman–Crippen LogP) is 5.70. The molecule has 27 heavy (non-hydrogen) atoms. The SMILES string of the molecule is I.NC(=Nc1ccc(N2CC=C(c3ccccc3)CC2)cc1)c1cccs1. The van der Waals surface area contributed by atoms with E-state index in [0.29, 0.717) is 5.84 Å². The summed E-state index contributed by atoms with van der Waals surface area (Å²) in [5.74, 6) is 0.571. The van der Waals surface area contributed by atoms with E-state index in [1.807, 2.05) is 29.6 Å². The summed E-state index contributed by atoms with van der Waals surface area (Å²) < 4.78 is 0. The van der Waals surface area contributed by atoms with Crippen molar-refractivity contribution in [3.8, 4) is 0 Å². The molecule has 0 spiro atoms. The van der Waals surface area contributed by atoms with Gasteiger partial charge < -0.3 is 10.6 Å². The molecule has 1 aromatic heterocycles. The van der Waals surface area contributed by atoms with Crippen molar-refractivity contribution in [3.63, 3.8) is 0 Å². The zero-order valence-corrected chi connectivity index (χ0v) is 18.1. The average molecular weight is 487 g/mol. The highest BCUT2D eigenvalue weighted by atomic mass is 127. The second-order valence-electron chi connectivity index (χ2n) is 6.28. The van der Waals surface area contributed by atoms with Gasteiger partial charge >= 0.3 is 0 Å². The number of hydrogen-bond donors (Lipinski definition) is 1. The van der Waals surface area contributed by atoms with Gasteiger partial charge in [0.2, 0.25) is 0 Å². The molecule has 138 valence electrons. The third kappa shape index (κ3) is 4.78. The standard InChI is InChI=1S/C22H21N3S.HI/c23-22(21-7-4-16-26-21)24-19-8-10-20(11-9-19)25-14-12-18(13-15-25)17-5-2-1-3-6-17;/h1-12,16H,13-15H2,(H2,23,24);1H. The number of aliphatic imine (C=N–C) groups is 1. The van der Waals surface area contributed by atoms with Crippen molar-refractivity contribution >= 4 is 58.1 Å². The zero-order valence-electron chi connectivity index (χ0n) is 14.9. The number of amidine groups is 1. The Balaban J connectivity index is 0.00000210. The van der Waals surface area contributed by atoms with Crippen LogP contribution in [0.25, 0.3) is 5.57 Å². The molecule has 0 saturated carbocycles. The van der Waals surface area contributed by atoms with E-state index in [1.54, 1.807) is 11.3 Å². The molecule has 2 aromatic carbocycles. The molecule has 2 N–H and O–H groups in total. The quantitative estimate of drug-likeness (QED) is 0.292. The molecule has 3 nitrogen and oxygen atoms in total. The van der Waals surface area contributed by atoms with Crippen LogP contribution in [-0.2, 0) is 0 Å². The smallest absolute Gasteiger partial charge is 0.141 e. The van der Waals surface area contributed by atoms with Gasteiger partial charge in [-0.3, -0.25) is 0 Å². The first-order valence-electron chi connectivity index (χ1n) is 8.77. The average Bonchev–Trinajstić information content (AvgIpc) is 3.25. The summed E-state index contributed by atoms with van der Waals surface area (Å²) in [5, 5.41) is 2.01. The molecule has 0 unspecified atom stereocenters. The molecule has 2 heterocycles. The Kier molecular flexibility index (Phi) is 6.68. The van der Waals surface area contributed by atoms with Gasteiger partial charge in [0.05, 0.1) is 10.6 Å². The maximum Gasteiger partial charge on any atom is 0.141 e. The molecule has 1 aliphatic heterocycles. The molecular formula is C22H22IN3S. The van der Waals surface area contributed by atoms with Crippen LogP contribution in [0, 0.1) is 0 Å². The van der Waals surface area contributed by atoms with Gasteiger partial charge in [-0.05, 0) is 53.3 Å². The van der Waals surface area contributed by atoms with Crippen LogP contribution in [-0.4, -0.2) is 18.9 Å². The number of anilines is 1. The van der Waals surface area contributed by atoms with Crippen LogP contribution in [0.2, 0.25) is 0 Å². The topological polar surface area (TPSA) is 41.6 Å². The molecule has 5 heteroatoms. The van der Waals surface area contributed by atoms with Crippen molar-refractivity contribution in [2.45, 2.75) is 6.42 Å². The first-order valence-corrected chi connectivity index (χ1v) is 9.65. The fraction of sp³-hybridized carbons (Fsp3) is 0.136. The highest BCUT2D eigenvalue weighted by Gasteiger charge is 2.13. The third-order valence-electron chi connectivity index (χ3n) is 4.59. The minimum absolute atomic E-state index is 0. The van der Waals surface area contributed by atoms with Gasteiger partial charge in [-0.15, -0.1) is 35.3 Å². The van der Waals surface area contributed by atoms with Crippen LogP contribution in [0.15, 0.2) is 83.2 Å². The molecular weight excluding hydrogens is 465 g/mol. The minimum Gasteiger partial charge on any atom is -0.383 e. The second-order valence-corrected chi connectivity index (χ2v) is 7.23. The van der Waals surface area contributed by atoms with E-state index in [0.717, 1.165) is 30.1 Å². The zero-order chi connectivity index (χ0) is 17.8. The van der Waals surface area contributed by atoms with Crippen molar-refractivity contribution in [1.29, 1.82) is 0 Å². The summed E-state index contributed by atoms with van der Waals surface area (Å²) in [6.07, 6.45) is 3.40. The third-order valence-corrected chi connectivity index (χ3v) is 5.48. The monoisotopic (exact) mass is 487 g/mol. The van der Waals surface area contributed by atoms with E-state index in [4.69, 9.17) is 5.73 Å². The van der Waals surface area contributed by atoms with E-state index in [2.05, 4.69) is 58.4 Å². The predicted molar refractivity (Wildman–Crippen MR) is 128 cm³/mol. The largest absolute Gasteiger partial charge is 0.383 e. The van der Waals surface area contributed by atoms with Crippen LogP contribution in [0.4, 0.5) is 11.4 Å². The summed E-state index contributed by atoms with van der Waals surface area (Å²) in [4.78, 5) is 7.91. The van der Waals surface area contributed by atoms with Crippen LogP contribution >= 0.6 is 35.3 Å². The van der Waals surface area contributed by atoms with E-state index in [1.165, 1.54) is 16.8 Å². The van der Waals surface area contributed by atoms with Crippen molar-refractivity contribution in [1.82, 2.24) is 0 Å². The molecule has 3 aromatic rings. The number of halogens is 1. The highest BCUT2D eigenvalue weighted by Crippen LogP contribution is 2.27. The Morgan fingerprint density at radius 2 is 1.74 bits per heavy atom. The Morgan fingerprint density at radius 1 is 0.963 bits per heavy atom. The molecule has 0 atom stereocenters. The summed E-state index contributed by atoms with van der Waals surface area (Å²) in [7, 11) is 0. The summed E-state index contributed by atoms with van der Waals surface area (Å²) in [6, 6.07) is 22.9. The first kappa shape index (κ1) is 19.6. The molecule has 0 amide bonds. The second kappa shape index (κ2) is 9.19. The van der Waals surface area contributed by atoms with Crippen molar-refractivity contribution in [3.05, 3.63) is 88.6 Å². The summed E-state index contributed by atoms with van der Waals surface area (Å²) in [5.41, 5.74) is 10.9. The lowest BCUT2D eigenvalue weighted by Gasteiger charge is -2.28. The fourth-order valence-corrected chi connectivity index (χ4v) is 3.80. The van der Waals surface area contributed by atoms with E-state index in [-0.39, 0.29) is 24.0 Å². The van der Waals surface area contributed by atoms with Gasteiger partial charge in [0.1, 0.15) is 5.84 Å². The summed E-state index contributed by atoms with van der Waals surface area (Å²) >= 11 is 1.60. The molecule has 0 bridgehead atoms. The van der Waals surface area contributed by atoms with E-state index in [9.17, 15) is 0 Å². The van der Waals surface area contributed by atoms with Crippen LogP contribution in [0.3, 0.4) is 0 Å². The van der Waals surface area contributed by atoms with Gasteiger partial charge in [0.25, 0.3) is 0 Å². The molecule has 1 aliphatic rings. The maximum atomic E-state index is 6.07. The number of benzene rings is 2. The number of nitrogens with two attached hydrogens (primary N) is 1. The lowest BCUT2D eigenvalue weighted by Crippen LogP contribution is -2.28. The first-order chi connectivity index (χ1) is 12.8. The Morgan fingerprint density at radius 3 is 2.37 bits per heavy atom. The van der Waals surface area contributed by atoms with Crippen LogP contribution < -0.4 is 10.6 Å². The lowest BCUT2D eigenvalue weighted by molar-refractivity contribution is 0.833. The van der Waals surface area contributed by atoms with E-state index < -0.39 is 0 Å². The van der Waals surface area contributed by atoms with Gasteiger partial charge in [0, 0.05) is 18.8 Å². The Bertz CT molecular complexity index is 916. The van der Waals surface area contributed by atoms with Crippen molar-refractivity contribution in [2.75, 3.05) is 18.0 Å². The molecule has 0 radical (unpaired) electrons. The maximum absolute atomic E-state index is 6.07. The van der Waals surface area contributed by atoms with Gasteiger partial charge in [-0.2, -0.15) is 0 Å². The molecule has 0 aliphatic carbocycles. The Hall–Kier alpha value is -2.12. The number of nitrogens with zero attached hydrogens (tertiary/aromatic N) is 2. The van der Waals surface area contributed by atoms with Gasteiger partial charge in [-0.1, -0.05) is 42.5 Å². The highest BCUT2D eigenvalue weighted by molar-refractivity contribution is 14.0. The van der Waals surface area contributed by atoms with Crippen LogP contribution in [0.1, 0.15) is 16.9 Å². The lowest BCUT2D eigenvalue weighted by atomic mass is 9.99. The van der Waals surface area contributed by atoms with E-state index >= 15 is 0 Å². The Labute approximate surface area is 181 Å². The minimum atomic E-state index is 0. The molecule has 0 saturated heterocycles. The summed E-state index contributed by atoms with van der Waals surface area (Å²) in [6.45, 7) is 1.96. The van der Waals surface area contributed by atoms with Crippen molar-refractivity contribution < 1.29 is 0 Å².